The fourth-order valence-electron chi connectivity index (χ4n) is 2.68. The van der Waals surface area contributed by atoms with Gasteiger partial charge in [0.25, 0.3) is 0 Å². The van der Waals surface area contributed by atoms with Crippen molar-refractivity contribution in [3.05, 3.63) is 54.1 Å². The second-order valence-electron chi connectivity index (χ2n) is 5.13. The van der Waals surface area contributed by atoms with E-state index in [1.165, 1.54) is 0 Å². The van der Waals surface area contributed by atoms with E-state index in [1.807, 2.05) is 60.4 Å². The highest BCUT2D eigenvalue weighted by Crippen LogP contribution is 2.38. The van der Waals surface area contributed by atoms with E-state index in [0.717, 1.165) is 22.6 Å². The predicted octanol–water partition coefficient (Wildman–Crippen LogP) is 3.22. The molecule has 2 aromatic rings. The first-order valence-electron chi connectivity index (χ1n) is 7.14. The number of hydrogen-bond donors (Lipinski definition) is 2. The Bertz CT molecular complexity index is 669. The zero-order valence-corrected chi connectivity index (χ0v) is 11.9. The van der Waals surface area contributed by atoms with Crippen molar-refractivity contribution in [3.8, 4) is 0 Å². The van der Waals surface area contributed by atoms with E-state index < -0.39 is 6.10 Å². The maximum Gasteiger partial charge on any atom is 0.244 e. The molecule has 0 saturated carbocycles. The molecule has 1 atom stereocenters. The zero-order valence-electron chi connectivity index (χ0n) is 11.9. The molecule has 2 N–H and O–H groups in total. The van der Waals surface area contributed by atoms with Crippen molar-refractivity contribution in [3.63, 3.8) is 0 Å². The van der Waals surface area contributed by atoms with Gasteiger partial charge in [0.05, 0.1) is 17.5 Å². The van der Waals surface area contributed by atoms with Crippen molar-refractivity contribution < 1.29 is 9.90 Å². The summed E-state index contributed by atoms with van der Waals surface area (Å²) in [7, 11) is 0. The van der Waals surface area contributed by atoms with E-state index in [9.17, 15) is 9.90 Å². The highest BCUT2D eigenvalue weighted by molar-refractivity contribution is 6.03. The lowest BCUT2D eigenvalue weighted by molar-refractivity contribution is -0.115. The second-order valence-corrected chi connectivity index (χ2v) is 5.13. The molecule has 4 nitrogen and oxygen atoms in total. The molecule has 0 radical (unpaired) electrons. The van der Waals surface area contributed by atoms with Gasteiger partial charge in [0.15, 0.2) is 0 Å². The monoisotopic (exact) mass is 282 g/mol. The Morgan fingerprint density at radius 2 is 1.81 bits per heavy atom. The average molecular weight is 282 g/mol. The number of anilines is 3. The number of para-hydroxylation sites is 3. The van der Waals surface area contributed by atoms with Crippen molar-refractivity contribution in [1.82, 2.24) is 0 Å². The molecule has 4 heteroatoms. The molecule has 21 heavy (non-hydrogen) atoms. The first-order valence-corrected chi connectivity index (χ1v) is 7.14. The number of nitrogens with zero attached hydrogens (tertiary/aromatic N) is 1. The third-order valence-corrected chi connectivity index (χ3v) is 3.74. The predicted molar refractivity (Wildman–Crippen MR) is 83.8 cm³/mol. The van der Waals surface area contributed by atoms with Gasteiger partial charge >= 0.3 is 0 Å². The SMILES string of the molecule is CC[C@H](O)c1ccccc1N1CC(=O)Nc2ccccc21. The summed E-state index contributed by atoms with van der Waals surface area (Å²) in [5.41, 5.74) is 3.49. The van der Waals surface area contributed by atoms with Crippen LogP contribution in [0.15, 0.2) is 48.5 Å². The van der Waals surface area contributed by atoms with Crippen LogP contribution in [0.2, 0.25) is 0 Å². The summed E-state index contributed by atoms with van der Waals surface area (Å²) in [6.45, 7) is 2.20. The Labute approximate surface area is 124 Å². The number of aliphatic hydroxyl groups excluding tert-OH is 1. The number of amides is 1. The lowest BCUT2D eigenvalue weighted by Gasteiger charge is -2.33. The molecule has 0 fully saturated rings. The third kappa shape index (κ3) is 2.50. The van der Waals surface area contributed by atoms with Crippen LogP contribution in [0.4, 0.5) is 17.1 Å². The number of hydrogen-bond acceptors (Lipinski definition) is 3. The van der Waals surface area contributed by atoms with Crippen LogP contribution in [0, 0.1) is 0 Å². The Kier molecular flexibility index (Phi) is 3.62. The van der Waals surface area contributed by atoms with Gasteiger partial charge in [0.1, 0.15) is 6.54 Å². The van der Waals surface area contributed by atoms with Crippen LogP contribution in [-0.2, 0) is 4.79 Å². The lowest BCUT2D eigenvalue weighted by atomic mass is 10.0. The molecule has 3 rings (SSSR count). The third-order valence-electron chi connectivity index (χ3n) is 3.74. The molecular formula is C17H18N2O2. The Morgan fingerprint density at radius 3 is 2.57 bits per heavy atom. The summed E-state index contributed by atoms with van der Waals surface area (Å²) in [5, 5.41) is 13.1. The van der Waals surface area contributed by atoms with Crippen molar-refractivity contribution in [2.24, 2.45) is 0 Å². The van der Waals surface area contributed by atoms with Gasteiger partial charge < -0.3 is 15.3 Å². The lowest BCUT2D eigenvalue weighted by Crippen LogP contribution is -2.35. The van der Waals surface area contributed by atoms with Gasteiger partial charge in [-0.3, -0.25) is 4.79 Å². The molecule has 1 amide bonds. The quantitative estimate of drug-likeness (QED) is 0.908. The number of benzene rings is 2. The van der Waals surface area contributed by atoms with Gasteiger partial charge in [-0.15, -0.1) is 0 Å². The highest BCUT2D eigenvalue weighted by atomic mass is 16.3. The van der Waals surface area contributed by atoms with Crippen LogP contribution in [0.5, 0.6) is 0 Å². The normalized spacial score (nSPS) is 15.3. The van der Waals surface area contributed by atoms with Gasteiger partial charge in [-0.2, -0.15) is 0 Å². The fourth-order valence-corrected chi connectivity index (χ4v) is 2.68. The molecule has 0 aromatic heterocycles. The van der Waals surface area contributed by atoms with E-state index in [4.69, 9.17) is 0 Å². The van der Waals surface area contributed by atoms with Crippen molar-refractivity contribution >= 4 is 23.0 Å². The maximum absolute atomic E-state index is 11.9. The Hall–Kier alpha value is -2.33. The largest absolute Gasteiger partial charge is 0.388 e. The average Bonchev–Trinajstić information content (AvgIpc) is 2.53. The molecule has 1 heterocycles. The minimum absolute atomic E-state index is 0.0468. The standard InChI is InChI=1S/C17H18N2O2/c1-2-16(20)12-7-3-5-9-14(12)19-11-17(21)18-13-8-4-6-10-15(13)19/h3-10,16,20H,2,11H2,1H3,(H,18,21)/t16-/m0/s1. The topological polar surface area (TPSA) is 52.6 Å². The van der Waals surface area contributed by atoms with E-state index in [0.29, 0.717) is 6.42 Å². The molecular weight excluding hydrogens is 264 g/mol. The van der Waals surface area contributed by atoms with E-state index >= 15 is 0 Å². The van der Waals surface area contributed by atoms with E-state index in [1.54, 1.807) is 0 Å². The molecule has 0 saturated heterocycles. The molecule has 1 aliphatic rings. The Morgan fingerprint density at radius 1 is 1.14 bits per heavy atom. The first-order chi connectivity index (χ1) is 10.2. The van der Waals surface area contributed by atoms with Crippen molar-refractivity contribution in [1.29, 1.82) is 0 Å². The van der Waals surface area contributed by atoms with E-state index in [-0.39, 0.29) is 12.5 Å². The molecule has 1 aliphatic heterocycles. The number of fused-ring (bicyclic) bond motifs is 1. The molecule has 0 unspecified atom stereocenters. The molecule has 0 aliphatic carbocycles. The van der Waals surface area contributed by atoms with E-state index in [2.05, 4.69) is 5.32 Å². The fraction of sp³-hybridized carbons (Fsp3) is 0.235. The van der Waals surface area contributed by atoms with Crippen LogP contribution in [0.1, 0.15) is 25.0 Å². The van der Waals surface area contributed by atoms with Gasteiger partial charge in [0, 0.05) is 11.3 Å². The highest BCUT2D eigenvalue weighted by Gasteiger charge is 2.25. The van der Waals surface area contributed by atoms with Crippen LogP contribution >= 0.6 is 0 Å². The van der Waals surface area contributed by atoms with Crippen molar-refractivity contribution in [2.75, 3.05) is 16.8 Å². The maximum atomic E-state index is 11.9. The van der Waals surface area contributed by atoms with Crippen LogP contribution in [0.3, 0.4) is 0 Å². The van der Waals surface area contributed by atoms with Gasteiger partial charge in [0.2, 0.25) is 5.91 Å². The van der Waals surface area contributed by atoms with Crippen molar-refractivity contribution in [2.45, 2.75) is 19.4 Å². The summed E-state index contributed by atoms with van der Waals surface area (Å²) in [5.74, 6) is -0.0468. The number of carbonyl (C=O) groups is 1. The van der Waals surface area contributed by atoms with Crippen LogP contribution < -0.4 is 10.2 Å². The minimum Gasteiger partial charge on any atom is -0.388 e. The minimum atomic E-state index is -0.529. The van der Waals surface area contributed by atoms with Crippen LogP contribution in [0.25, 0.3) is 0 Å². The van der Waals surface area contributed by atoms with Gasteiger partial charge in [-0.25, -0.2) is 0 Å². The van der Waals surface area contributed by atoms with Gasteiger partial charge in [-0.1, -0.05) is 37.3 Å². The number of carbonyl (C=O) groups excluding carboxylic acids is 1. The first kappa shape index (κ1) is 13.6. The number of rotatable bonds is 3. The summed E-state index contributed by atoms with van der Waals surface area (Å²) in [4.78, 5) is 13.9. The second kappa shape index (κ2) is 5.58. The molecule has 2 aromatic carbocycles. The summed E-state index contributed by atoms with van der Waals surface area (Å²) in [6, 6.07) is 15.4. The molecule has 0 bridgehead atoms. The number of aliphatic hydroxyl groups is 1. The summed E-state index contributed by atoms with van der Waals surface area (Å²) >= 11 is 0. The van der Waals surface area contributed by atoms with Gasteiger partial charge in [-0.05, 0) is 24.6 Å². The van der Waals surface area contributed by atoms with Crippen LogP contribution in [-0.4, -0.2) is 17.6 Å². The zero-order chi connectivity index (χ0) is 14.8. The summed E-state index contributed by atoms with van der Waals surface area (Å²) < 4.78 is 0. The molecule has 108 valence electrons. The number of nitrogens with one attached hydrogen (secondary N) is 1. The summed E-state index contributed by atoms with van der Waals surface area (Å²) in [6.07, 6.45) is 0.108. The molecule has 0 spiro atoms. The Balaban J connectivity index is 2.11. The smallest absolute Gasteiger partial charge is 0.244 e.